The predicted molar refractivity (Wildman–Crippen MR) is 68.0 cm³/mol. The minimum Gasteiger partial charge on any atom is -0.331 e. The van der Waals surface area contributed by atoms with E-state index in [0.717, 1.165) is 11.5 Å². The highest BCUT2D eigenvalue weighted by molar-refractivity contribution is 5.73. The summed E-state index contributed by atoms with van der Waals surface area (Å²) in [5, 5.41) is 3.13. The standard InChI is InChI=1S/C13H19N3/c1-11-6-5-9-13(16-11)15-10-14-12-7-3-2-4-8-12/h5-6,9-10,12H,2-4,7-8H2,1H3,(H,14,15,16). The summed E-state index contributed by atoms with van der Waals surface area (Å²) in [5.41, 5.74) is 1.02. The van der Waals surface area contributed by atoms with Crippen molar-refractivity contribution < 1.29 is 0 Å². The largest absolute Gasteiger partial charge is 0.331 e. The molecule has 1 saturated carbocycles. The van der Waals surface area contributed by atoms with E-state index in [1.807, 2.05) is 25.1 Å². The Morgan fingerprint density at radius 2 is 2.12 bits per heavy atom. The zero-order valence-corrected chi connectivity index (χ0v) is 9.82. The molecule has 0 radical (unpaired) electrons. The number of hydrogen-bond acceptors (Lipinski definition) is 2. The monoisotopic (exact) mass is 217 g/mol. The number of pyridine rings is 1. The molecule has 1 heterocycles. The van der Waals surface area contributed by atoms with E-state index in [9.17, 15) is 0 Å². The molecule has 16 heavy (non-hydrogen) atoms. The van der Waals surface area contributed by atoms with Crippen LogP contribution in [0.4, 0.5) is 5.82 Å². The van der Waals surface area contributed by atoms with Crippen LogP contribution in [0.15, 0.2) is 23.2 Å². The molecule has 0 saturated heterocycles. The first-order chi connectivity index (χ1) is 7.84. The maximum Gasteiger partial charge on any atom is 0.131 e. The Labute approximate surface area is 97.0 Å². The second kappa shape index (κ2) is 5.64. The van der Waals surface area contributed by atoms with Crippen LogP contribution in [-0.2, 0) is 0 Å². The number of aryl methyl sites for hydroxylation is 1. The lowest BCUT2D eigenvalue weighted by molar-refractivity contribution is 0.444. The fourth-order valence-electron chi connectivity index (χ4n) is 2.06. The van der Waals surface area contributed by atoms with E-state index in [1.54, 1.807) is 6.34 Å². The molecule has 1 aliphatic rings. The summed E-state index contributed by atoms with van der Waals surface area (Å²) in [6, 6.07) is 6.47. The van der Waals surface area contributed by atoms with Gasteiger partial charge in [-0.15, -0.1) is 0 Å². The summed E-state index contributed by atoms with van der Waals surface area (Å²) in [7, 11) is 0. The summed E-state index contributed by atoms with van der Waals surface area (Å²) in [4.78, 5) is 8.89. The van der Waals surface area contributed by atoms with Crippen LogP contribution in [0.2, 0.25) is 0 Å². The molecule has 86 valence electrons. The van der Waals surface area contributed by atoms with Gasteiger partial charge < -0.3 is 5.32 Å². The van der Waals surface area contributed by atoms with E-state index in [2.05, 4.69) is 15.3 Å². The van der Waals surface area contributed by atoms with E-state index in [-0.39, 0.29) is 0 Å². The first kappa shape index (κ1) is 11.1. The summed E-state index contributed by atoms with van der Waals surface area (Å²) >= 11 is 0. The van der Waals surface area contributed by atoms with Gasteiger partial charge >= 0.3 is 0 Å². The van der Waals surface area contributed by atoms with Crippen LogP contribution in [0.5, 0.6) is 0 Å². The molecule has 1 aliphatic carbocycles. The number of anilines is 1. The highest BCUT2D eigenvalue weighted by Gasteiger charge is 2.10. The van der Waals surface area contributed by atoms with E-state index in [1.165, 1.54) is 32.1 Å². The van der Waals surface area contributed by atoms with Crippen molar-refractivity contribution in [2.45, 2.75) is 45.1 Å². The molecule has 0 aliphatic heterocycles. The molecule has 1 fully saturated rings. The van der Waals surface area contributed by atoms with Gasteiger partial charge in [-0.3, -0.25) is 4.99 Å². The van der Waals surface area contributed by atoms with Crippen molar-refractivity contribution in [3.8, 4) is 0 Å². The second-order valence-corrected chi connectivity index (χ2v) is 4.38. The highest BCUT2D eigenvalue weighted by atomic mass is 15.0. The van der Waals surface area contributed by atoms with Crippen LogP contribution in [-0.4, -0.2) is 17.4 Å². The minimum atomic E-state index is 0.519. The first-order valence-electron chi connectivity index (χ1n) is 6.06. The Hall–Kier alpha value is -1.38. The van der Waals surface area contributed by atoms with Crippen LogP contribution in [0.25, 0.3) is 0 Å². The third kappa shape index (κ3) is 3.33. The molecule has 0 amide bonds. The minimum absolute atomic E-state index is 0.519. The van der Waals surface area contributed by atoms with Crippen molar-refractivity contribution in [3.63, 3.8) is 0 Å². The van der Waals surface area contributed by atoms with E-state index in [4.69, 9.17) is 0 Å². The molecule has 0 atom stereocenters. The summed E-state index contributed by atoms with van der Waals surface area (Å²) in [6.07, 6.45) is 8.30. The third-order valence-electron chi connectivity index (χ3n) is 2.96. The van der Waals surface area contributed by atoms with Gasteiger partial charge in [-0.25, -0.2) is 4.98 Å². The summed E-state index contributed by atoms with van der Waals surface area (Å²) < 4.78 is 0. The van der Waals surface area contributed by atoms with Crippen LogP contribution in [0, 0.1) is 6.92 Å². The molecule has 3 heteroatoms. The van der Waals surface area contributed by atoms with Gasteiger partial charge in [-0.2, -0.15) is 0 Å². The van der Waals surface area contributed by atoms with Gasteiger partial charge in [0, 0.05) is 5.69 Å². The van der Waals surface area contributed by atoms with Gasteiger partial charge in [0.1, 0.15) is 5.82 Å². The van der Waals surface area contributed by atoms with Crippen molar-refractivity contribution in [2.24, 2.45) is 4.99 Å². The predicted octanol–water partition coefficient (Wildman–Crippen LogP) is 3.16. The molecule has 3 nitrogen and oxygen atoms in total. The summed E-state index contributed by atoms with van der Waals surface area (Å²) in [5.74, 6) is 0.875. The topological polar surface area (TPSA) is 37.3 Å². The van der Waals surface area contributed by atoms with Gasteiger partial charge in [-0.05, 0) is 31.9 Å². The number of nitrogens with zero attached hydrogens (tertiary/aromatic N) is 2. The SMILES string of the molecule is Cc1cccc(NC=NC2CCCCC2)n1. The van der Waals surface area contributed by atoms with Crippen LogP contribution in [0.1, 0.15) is 37.8 Å². The Balaban J connectivity index is 1.84. The smallest absolute Gasteiger partial charge is 0.131 e. The van der Waals surface area contributed by atoms with Crippen molar-refractivity contribution in [2.75, 3.05) is 5.32 Å². The number of aliphatic imine (C=N–C) groups is 1. The van der Waals surface area contributed by atoms with Gasteiger partial charge in [0.25, 0.3) is 0 Å². The molecular weight excluding hydrogens is 198 g/mol. The molecule has 0 unspecified atom stereocenters. The number of hydrogen-bond donors (Lipinski definition) is 1. The average molecular weight is 217 g/mol. The maximum atomic E-state index is 4.53. The first-order valence-corrected chi connectivity index (χ1v) is 6.06. The molecular formula is C13H19N3. The molecule has 1 aromatic heterocycles. The number of nitrogens with one attached hydrogen (secondary N) is 1. The fourth-order valence-corrected chi connectivity index (χ4v) is 2.06. The summed E-state index contributed by atoms with van der Waals surface area (Å²) in [6.45, 7) is 1.99. The highest BCUT2D eigenvalue weighted by Crippen LogP contribution is 2.19. The lowest BCUT2D eigenvalue weighted by Gasteiger charge is -2.16. The normalized spacial score (nSPS) is 17.8. The fraction of sp³-hybridized carbons (Fsp3) is 0.538. The van der Waals surface area contributed by atoms with Crippen molar-refractivity contribution >= 4 is 12.2 Å². The Morgan fingerprint density at radius 3 is 2.88 bits per heavy atom. The molecule has 2 rings (SSSR count). The van der Waals surface area contributed by atoms with Crippen LogP contribution >= 0.6 is 0 Å². The van der Waals surface area contributed by atoms with Crippen LogP contribution in [0.3, 0.4) is 0 Å². The zero-order chi connectivity index (χ0) is 11.2. The molecule has 1 N–H and O–H groups in total. The Kier molecular flexibility index (Phi) is 3.91. The molecule has 0 aromatic carbocycles. The Morgan fingerprint density at radius 1 is 1.31 bits per heavy atom. The van der Waals surface area contributed by atoms with E-state index < -0.39 is 0 Å². The van der Waals surface area contributed by atoms with E-state index in [0.29, 0.717) is 6.04 Å². The lowest BCUT2D eigenvalue weighted by Crippen LogP contribution is -2.11. The van der Waals surface area contributed by atoms with Gasteiger partial charge in [0.2, 0.25) is 0 Å². The second-order valence-electron chi connectivity index (χ2n) is 4.38. The van der Waals surface area contributed by atoms with Crippen molar-refractivity contribution in [3.05, 3.63) is 23.9 Å². The van der Waals surface area contributed by atoms with Crippen molar-refractivity contribution in [1.82, 2.24) is 4.98 Å². The molecule has 0 bridgehead atoms. The zero-order valence-electron chi connectivity index (χ0n) is 9.82. The Bertz CT molecular complexity index is 354. The lowest BCUT2D eigenvalue weighted by atomic mass is 9.96. The van der Waals surface area contributed by atoms with Crippen LogP contribution < -0.4 is 5.32 Å². The quantitative estimate of drug-likeness (QED) is 0.623. The van der Waals surface area contributed by atoms with Gasteiger partial charge in [0.05, 0.1) is 12.4 Å². The van der Waals surface area contributed by atoms with Crippen molar-refractivity contribution in [1.29, 1.82) is 0 Å². The number of aromatic nitrogens is 1. The maximum absolute atomic E-state index is 4.53. The average Bonchev–Trinajstić information content (AvgIpc) is 2.30. The number of rotatable bonds is 3. The van der Waals surface area contributed by atoms with Gasteiger partial charge in [-0.1, -0.05) is 25.3 Å². The molecule has 1 aromatic rings. The third-order valence-corrected chi connectivity index (χ3v) is 2.96. The van der Waals surface area contributed by atoms with E-state index >= 15 is 0 Å². The molecule has 0 spiro atoms. The van der Waals surface area contributed by atoms with Gasteiger partial charge in [0.15, 0.2) is 0 Å².